The quantitative estimate of drug-likeness (QED) is 0.854. The summed E-state index contributed by atoms with van der Waals surface area (Å²) in [6.07, 6.45) is 0. The van der Waals surface area contributed by atoms with Gasteiger partial charge in [0, 0.05) is 39.8 Å². The Morgan fingerprint density at radius 3 is 2.63 bits per heavy atom. The van der Waals surface area contributed by atoms with Crippen LogP contribution in [0.3, 0.4) is 0 Å². The molecule has 1 rings (SSSR count). The second kappa shape index (κ2) is 7.94. The van der Waals surface area contributed by atoms with Gasteiger partial charge in [-0.15, -0.1) is 23.7 Å². The van der Waals surface area contributed by atoms with E-state index in [1.165, 1.54) is 11.3 Å². The highest BCUT2D eigenvalue weighted by Gasteiger charge is 2.19. The number of rotatable bonds is 5. The molecule has 0 saturated heterocycles. The summed E-state index contributed by atoms with van der Waals surface area (Å²) in [6.45, 7) is 6.47. The van der Waals surface area contributed by atoms with Crippen LogP contribution in [0, 0.1) is 0 Å². The Morgan fingerprint density at radius 1 is 1.53 bits per heavy atom. The van der Waals surface area contributed by atoms with Gasteiger partial charge < -0.3 is 11.1 Å². The van der Waals surface area contributed by atoms with Crippen LogP contribution in [0.15, 0.2) is 5.38 Å². The van der Waals surface area contributed by atoms with Crippen molar-refractivity contribution in [2.75, 3.05) is 12.3 Å². The molecule has 110 valence electrons. The molecule has 1 unspecified atom stereocenters. The van der Waals surface area contributed by atoms with Gasteiger partial charge >= 0.3 is 0 Å². The third-order valence-corrected chi connectivity index (χ3v) is 5.03. The molecule has 1 aromatic rings. The van der Waals surface area contributed by atoms with E-state index < -0.39 is 10.8 Å². The molecule has 0 saturated carbocycles. The van der Waals surface area contributed by atoms with E-state index in [1.54, 1.807) is 5.38 Å². The van der Waals surface area contributed by atoms with E-state index in [4.69, 9.17) is 5.73 Å². The zero-order valence-corrected chi connectivity index (χ0v) is 13.7. The van der Waals surface area contributed by atoms with Crippen LogP contribution in [-0.4, -0.2) is 32.1 Å². The number of nitrogens with zero attached hydrogens (tertiary/aromatic N) is 1. The van der Waals surface area contributed by atoms with Crippen molar-refractivity contribution >= 4 is 40.5 Å². The minimum atomic E-state index is -0.959. The van der Waals surface area contributed by atoms with Crippen LogP contribution in [0.4, 0.5) is 0 Å². The molecule has 19 heavy (non-hydrogen) atoms. The molecule has 0 radical (unpaired) electrons. The third-order valence-electron chi connectivity index (χ3n) is 2.22. The van der Waals surface area contributed by atoms with Crippen LogP contribution < -0.4 is 11.1 Å². The van der Waals surface area contributed by atoms with Crippen LogP contribution in [0.2, 0.25) is 0 Å². The van der Waals surface area contributed by atoms with Crippen molar-refractivity contribution in [2.45, 2.75) is 32.1 Å². The number of aromatic nitrogens is 1. The van der Waals surface area contributed by atoms with Gasteiger partial charge in [-0.25, -0.2) is 4.98 Å². The number of nitrogens with one attached hydrogen (secondary N) is 1. The SMILES string of the molecule is CC(C)(C)S(=O)CCNC(=O)c1csc(CN)n1.Cl. The first kappa shape index (κ1) is 18.5. The number of amides is 1. The maximum atomic E-state index is 11.8. The highest BCUT2D eigenvalue weighted by atomic mass is 35.5. The van der Waals surface area contributed by atoms with Gasteiger partial charge in [-0.2, -0.15) is 0 Å². The average molecular weight is 326 g/mol. The zero-order valence-electron chi connectivity index (χ0n) is 11.3. The molecule has 8 heteroatoms. The lowest BCUT2D eigenvalue weighted by atomic mass is 10.3. The molecule has 3 N–H and O–H groups in total. The molecular formula is C11H20ClN3O2S2. The maximum absolute atomic E-state index is 11.8. The van der Waals surface area contributed by atoms with Crippen molar-refractivity contribution in [2.24, 2.45) is 5.73 Å². The van der Waals surface area contributed by atoms with Gasteiger partial charge in [0.2, 0.25) is 0 Å². The summed E-state index contributed by atoms with van der Waals surface area (Å²) in [5.41, 5.74) is 5.80. The highest BCUT2D eigenvalue weighted by Crippen LogP contribution is 2.11. The number of halogens is 1. The number of hydrogen-bond donors (Lipinski definition) is 2. The number of nitrogens with two attached hydrogens (primary N) is 1. The molecule has 1 heterocycles. The Balaban J connectivity index is 0.00000324. The normalized spacial score (nSPS) is 12.6. The van der Waals surface area contributed by atoms with Crippen LogP contribution in [0.5, 0.6) is 0 Å². The lowest BCUT2D eigenvalue weighted by molar-refractivity contribution is 0.0951. The van der Waals surface area contributed by atoms with E-state index in [1.807, 2.05) is 20.8 Å². The molecule has 5 nitrogen and oxygen atoms in total. The lowest BCUT2D eigenvalue weighted by Gasteiger charge is -2.17. The molecule has 1 aromatic heterocycles. The summed E-state index contributed by atoms with van der Waals surface area (Å²) in [6, 6.07) is 0. The third kappa shape index (κ3) is 5.99. The van der Waals surface area contributed by atoms with E-state index in [2.05, 4.69) is 10.3 Å². The molecule has 0 aromatic carbocycles. The molecule has 1 amide bonds. The van der Waals surface area contributed by atoms with Gasteiger partial charge in [-0.3, -0.25) is 9.00 Å². The van der Waals surface area contributed by atoms with Gasteiger partial charge in [0.15, 0.2) is 0 Å². The van der Waals surface area contributed by atoms with Crippen molar-refractivity contribution in [3.63, 3.8) is 0 Å². The summed E-state index contributed by atoms with van der Waals surface area (Å²) < 4.78 is 11.5. The monoisotopic (exact) mass is 325 g/mol. The van der Waals surface area contributed by atoms with Crippen LogP contribution in [0.1, 0.15) is 36.3 Å². The van der Waals surface area contributed by atoms with Crippen molar-refractivity contribution in [1.29, 1.82) is 0 Å². The fraction of sp³-hybridized carbons (Fsp3) is 0.636. The smallest absolute Gasteiger partial charge is 0.270 e. The Labute approximate surface area is 126 Å². The summed E-state index contributed by atoms with van der Waals surface area (Å²) in [7, 11) is -0.959. The maximum Gasteiger partial charge on any atom is 0.270 e. The first-order chi connectivity index (χ1) is 8.34. The van der Waals surface area contributed by atoms with Gasteiger partial charge in [0.05, 0.1) is 0 Å². The molecule has 0 fully saturated rings. The molecule has 0 bridgehead atoms. The first-order valence-electron chi connectivity index (χ1n) is 5.65. The Kier molecular flexibility index (Phi) is 7.73. The molecule has 0 aliphatic rings. The predicted molar refractivity (Wildman–Crippen MR) is 82.3 cm³/mol. The minimum Gasteiger partial charge on any atom is -0.350 e. The van der Waals surface area contributed by atoms with Crippen molar-refractivity contribution in [3.05, 3.63) is 16.1 Å². The molecular weight excluding hydrogens is 306 g/mol. The summed E-state index contributed by atoms with van der Waals surface area (Å²) in [5.74, 6) is 0.209. The van der Waals surface area contributed by atoms with Crippen LogP contribution >= 0.6 is 23.7 Å². The van der Waals surface area contributed by atoms with Crippen molar-refractivity contribution < 1.29 is 9.00 Å². The van der Waals surface area contributed by atoms with Crippen molar-refractivity contribution in [3.8, 4) is 0 Å². The Bertz CT molecular complexity index is 443. The average Bonchev–Trinajstić information content (AvgIpc) is 2.75. The largest absolute Gasteiger partial charge is 0.350 e. The molecule has 0 spiro atoms. The van der Waals surface area contributed by atoms with E-state index in [9.17, 15) is 9.00 Å². The van der Waals surface area contributed by atoms with E-state index >= 15 is 0 Å². The zero-order chi connectivity index (χ0) is 13.8. The summed E-state index contributed by atoms with van der Waals surface area (Å²) >= 11 is 1.36. The Morgan fingerprint density at radius 2 is 2.16 bits per heavy atom. The molecule has 1 atom stereocenters. The predicted octanol–water partition coefficient (Wildman–Crippen LogP) is 1.30. The second-order valence-corrected chi connectivity index (χ2v) is 8.02. The fourth-order valence-electron chi connectivity index (χ4n) is 1.16. The lowest BCUT2D eigenvalue weighted by Crippen LogP contribution is -2.32. The van der Waals surface area contributed by atoms with E-state index in [0.717, 1.165) is 5.01 Å². The number of carbonyl (C=O) groups is 1. The minimum absolute atomic E-state index is 0. The Hall–Kier alpha value is -0.500. The van der Waals surface area contributed by atoms with E-state index in [-0.39, 0.29) is 23.1 Å². The number of hydrogen-bond acceptors (Lipinski definition) is 5. The van der Waals surface area contributed by atoms with Crippen LogP contribution in [-0.2, 0) is 17.3 Å². The fourth-order valence-corrected chi connectivity index (χ4v) is 2.72. The molecule has 0 aliphatic carbocycles. The van der Waals surface area contributed by atoms with Gasteiger partial charge in [0.25, 0.3) is 5.91 Å². The summed E-state index contributed by atoms with van der Waals surface area (Å²) in [5, 5.41) is 5.12. The van der Waals surface area contributed by atoms with Crippen molar-refractivity contribution in [1.82, 2.24) is 10.3 Å². The van der Waals surface area contributed by atoms with Gasteiger partial charge in [-0.1, -0.05) is 0 Å². The number of thiazole rings is 1. The highest BCUT2D eigenvalue weighted by molar-refractivity contribution is 7.86. The topological polar surface area (TPSA) is 85.1 Å². The number of carbonyl (C=O) groups excluding carboxylic acids is 1. The standard InChI is InChI=1S/C11H19N3O2S2.ClH/c1-11(2,3)18(16)5-4-13-10(15)8-7-17-9(6-12)14-8;/h7H,4-6,12H2,1-3H3,(H,13,15);1H. The van der Waals surface area contributed by atoms with Gasteiger partial charge in [-0.05, 0) is 20.8 Å². The first-order valence-corrected chi connectivity index (χ1v) is 7.85. The summed E-state index contributed by atoms with van der Waals surface area (Å²) in [4.78, 5) is 15.8. The van der Waals surface area contributed by atoms with Gasteiger partial charge in [0.1, 0.15) is 10.7 Å². The van der Waals surface area contributed by atoms with E-state index in [0.29, 0.717) is 24.5 Å². The second-order valence-electron chi connectivity index (χ2n) is 4.75. The van der Waals surface area contributed by atoms with Crippen LogP contribution in [0.25, 0.3) is 0 Å². The molecule has 0 aliphatic heterocycles.